The average Bonchev–Trinajstić information content (AvgIpc) is 3.63. The highest BCUT2D eigenvalue weighted by Gasteiger charge is 2.20. The number of aromatic nitrogens is 8. The van der Waals surface area contributed by atoms with Crippen molar-refractivity contribution in [1.82, 2.24) is 39.9 Å². The van der Waals surface area contributed by atoms with Gasteiger partial charge in [-0.15, -0.1) is 0 Å². The molecule has 16 nitrogen and oxygen atoms in total. The Balaban J connectivity index is 0.000000188. The van der Waals surface area contributed by atoms with E-state index in [2.05, 4.69) is 61.1 Å². The van der Waals surface area contributed by atoms with E-state index >= 15 is 0 Å². The molecule has 1 saturated carbocycles. The van der Waals surface area contributed by atoms with Gasteiger partial charge in [-0.05, 0) is 154 Å². The van der Waals surface area contributed by atoms with E-state index in [-0.39, 0.29) is 58.7 Å². The van der Waals surface area contributed by atoms with Crippen LogP contribution in [0.1, 0.15) is 136 Å². The maximum absolute atomic E-state index is 13.1. The highest BCUT2D eigenvalue weighted by Crippen LogP contribution is 2.28. The van der Waals surface area contributed by atoms with E-state index in [0.29, 0.717) is 96.2 Å². The summed E-state index contributed by atoms with van der Waals surface area (Å²) in [5.41, 5.74) is 8.76. The Kier molecular flexibility index (Phi) is 26.4. The Morgan fingerprint density at radius 3 is 1.05 bits per heavy atom. The number of halogens is 4. The third kappa shape index (κ3) is 21.0. The molecule has 0 aliphatic heterocycles. The second-order valence-electron chi connectivity index (χ2n) is 21.5. The normalized spacial score (nSPS) is 12.2. The number of hydrogen-bond donors (Lipinski definition) is 4. The van der Waals surface area contributed by atoms with Gasteiger partial charge in [0, 0.05) is 47.9 Å². The molecule has 4 amide bonds. The minimum Gasteiger partial charge on any atom is -0.309 e. The molecule has 0 saturated heterocycles. The van der Waals surface area contributed by atoms with Gasteiger partial charge in [0.2, 0.25) is 23.6 Å². The van der Waals surface area contributed by atoms with Gasteiger partial charge in [0.15, 0.2) is 23.3 Å². The van der Waals surface area contributed by atoms with Gasteiger partial charge in [0.05, 0.1) is 70.3 Å². The Labute approximate surface area is 512 Å². The number of carbonyl (C=O) groups excluding carboxylic acids is 4. The average molecular weight is 1200 g/mol. The van der Waals surface area contributed by atoms with E-state index in [1.165, 1.54) is 74.7 Å². The lowest BCUT2D eigenvalue weighted by Gasteiger charge is -2.21. The second-order valence-corrected chi connectivity index (χ2v) is 21.5. The van der Waals surface area contributed by atoms with E-state index in [1.807, 2.05) is 55.4 Å². The molecule has 1 fully saturated rings. The van der Waals surface area contributed by atoms with Crippen LogP contribution in [0.15, 0.2) is 122 Å². The summed E-state index contributed by atoms with van der Waals surface area (Å²) in [5.74, 6) is 1.30. The predicted octanol–water partition coefficient (Wildman–Crippen LogP) is 15.2. The summed E-state index contributed by atoms with van der Waals surface area (Å²) in [5, 5.41) is 11.2. The number of nitrogens with one attached hydrogen (secondary N) is 4. The molecule has 4 N–H and O–H groups in total. The van der Waals surface area contributed by atoms with Crippen LogP contribution in [0.5, 0.6) is 0 Å². The van der Waals surface area contributed by atoms with Gasteiger partial charge in [-0.25, -0.2) is 57.4 Å². The third-order valence-electron chi connectivity index (χ3n) is 14.2. The van der Waals surface area contributed by atoms with Gasteiger partial charge in [-0.2, -0.15) is 0 Å². The van der Waals surface area contributed by atoms with E-state index in [0.717, 1.165) is 58.6 Å². The van der Waals surface area contributed by atoms with Crippen molar-refractivity contribution in [2.75, 3.05) is 21.3 Å². The topological polar surface area (TPSA) is 220 Å². The van der Waals surface area contributed by atoms with Crippen LogP contribution >= 0.6 is 0 Å². The molecular weight excluding hydrogens is 1120 g/mol. The molecule has 20 heteroatoms. The Hall–Kier alpha value is -9.20. The fourth-order valence-corrected chi connectivity index (χ4v) is 9.13. The lowest BCUT2D eigenvalue weighted by Crippen LogP contribution is -2.21. The number of hydrogen-bond acceptors (Lipinski definition) is 12. The maximum Gasteiger partial charge on any atom is 0.228 e. The monoisotopic (exact) mass is 1200 g/mol. The first-order chi connectivity index (χ1) is 42.3. The maximum atomic E-state index is 13.1. The van der Waals surface area contributed by atoms with Crippen molar-refractivity contribution in [2.45, 2.75) is 139 Å². The molecule has 1 aliphatic rings. The van der Waals surface area contributed by atoms with Crippen molar-refractivity contribution in [2.24, 2.45) is 17.8 Å². The molecule has 1 atom stereocenters. The van der Waals surface area contributed by atoms with Crippen molar-refractivity contribution in [3.8, 4) is 45.0 Å². The molecule has 0 spiro atoms. The number of anilines is 4. The number of nitrogens with zero attached hydrogens (tertiary/aromatic N) is 8. The fourth-order valence-electron chi connectivity index (χ4n) is 9.13. The van der Waals surface area contributed by atoms with E-state index in [4.69, 9.17) is 0 Å². The standard InChI is InChI=1S/C20H24FN3O.2C17H20FN3O.C14H14FN3O/c1-2-17-20(24-19(25)12-14-6-4-3-5-7-14)22-13-18(23-17)15-8-10-16(21)11-9-15;1-4-14-17(21-16(22)9-11(2)3)19-10-15(20-14)12-5-7-13(18)8-6-12;1-4-11(3)17(22)21-16-14(5-2)20-15(10-19-16)12-6-8-13(18)9-7-12;1-3-12-14(17-9(2)19)16-8-13(18-12)10-4-6-11(15)7-5-10/h8-11,13-14H,2-7,12H2,1H3,(H,22,24,25);5-8,10-11H,4,9H2,1-3H3,(H,19,21,22);6-11H,4-5H2,1-3H3,(H,19,21,22);4-8H,3H2,1-2H3,(H,16,17,19). The molecule has 0 radical (unpaired) electrons. The Morgan fingerprint density at radius 1 is 0.443 bits per heavy atom. The first-order valence-electron chi connectivity index (χ1n) is 29.9. The lowest BCUT2D eigenvalue weighted by molar-refractivity contribution is -0.119. The molecule has 0 bridgehead atoms. The zero-order valence-corrected chi connectivity index (χ0v) is 51.5. The first kappa shape index (κ1) is 67.9. The van der Waals surface area contributed by atoms with Gasteiger partial charge in [-0.1, -0.05) is 74.7 Å². The molecule has 1 aliphatic carbocycles. The van der Waals surface area contributed by atoms with E-state index < -0.39 is 0 Å². The molecule has 4 aromatic carbocycles. The van der Waals surface area contributed by atoms with E-state index in [9.17, 15) is 36.7 Å². The lowest BCUT2D eigenvalue weighted by atomic mass is 9.87. The summed E-state index contributed by atoms with van der Waals surface area (Å²) in [6.45, 7) is 17.1. The highest BCUT2D eigenvalue weighted by molar-refractivity contribution is 5.92. The predicted molar refractivity (Wildman–Crippen MR) is 338 cm³/mol. The van der Waals surface area contributed by atoms with Gasteiger partial charge in [0.25, 0.3) is 0 Å². The van der Waals surface area contributed by atoms with Gasteiger partial charge in [-0.3, -0.25) is 19.2 Å². The summed E-state index contributed by atoms with van der Waals surface area (Å²) in [6, 6.07) is 24.4. The minimum atomic E-state index is -0.290. The van der Waals surface area contributed by atoms with Crippen molar-refractivity contribution < 1.29 is 36.7 Å². The summed E-state index contributed by atoms with van der Waals surface area (Å²) in [7, 11) is 0. The SMILES string of the molecule is CCc1nc(-c2ccc(F)cc2)cnc1NC(=O)C(C)CC.CCc1nc(-c2ccc(F)cc2)cnc1NC(=O)CC(C)C.CCc1nc(-c2ccc(F)cc2)cnc1NC(=O)CC1CCCCC1.CCc1nc(-c2ccc(F)cc2)cnc1NC(C)=O. The summed E-state index contributed by atoms with van der Waals surface area (Å²) in [4.78, 5) is 82.5. The zero-order valence-electron chi connectivity index (χ0n) is 51.5. The van der Waals surface area contributed by atoms with Gasteiger partial charge < -0.3 is 21.3 Å². The number of carbonyl (C=O) groups is 4. The van der Waals surface area contributed by atoms with Crippen LogP contribution < -0.4 is 21.3 Å². The molecule has 462 valence electrons. The quantitative estimate of drug-likeness (QED) is 0.0590. The summed E-state index contributed by atoms with van der Waals surface area (Å²) < 4.78 is 51.9. The molecule has 4 aromatic heterocycles. The van der Waals surface area contributed by atoms with Crippen LogP contribution in [0, 0.1) is 41.0 Å². The summed E-state index contributed by atoms with van der Waals surface area (Å²) >= 11 is 0. The number of rotatable bonds is 18. The molecule has 4 heterocycles. The second kappa shape index (κ2) is 34.2. The van der Waals surface area contributed by atoms with Crippen LogP contribution in [-0.4, -0.2) is 63.5 Å². The molecule has 9 rings (SSSR count). The van der Waals surface area contributed by atoms with Crippen molar-refractivity contribution in [1.29, 1.82) is 0 Å². The van der Waals surface area contributed by atoms with Crippen molar-refractivity contribution in [3.63, 3.8) is 0 Å². The van der Waals surface area contributed by atoms with E-state index in [1.54, 1.807) is 73.3 Å². The Bertz CT molecular complexity index is 3570. The largest absolute Gasteiger partial charge is 0.309 e. The molecule has 88 heavy (non-hydrogen) atoms. The number of aryl methyl sites for hydroxylation is 4. The molecular formula is C68H78F4N12O4. The van der Waals surface area contributed by atoms with Crippen LogP contribution in [0.4, 0.5) is 40.8 Å². The van der Waals surface area contributed by atoms with Crippen LogP contribution in [0.3, 0.4) is 0 Å². The smallest absolute Gasteiger partial charge is 0.228 e. The first-order valence-corrected chi connectivity index (χ1v) is 29.9. The van der Waals surface area contributed by atoms with Crippen LogP contribution in [-0.2, 0) is 44.9 Å². The number of benzene rings is 4. The van der Waals surface area contributed by atoms with Crippen molar-refractivity contribution >= 4 is 46.9 Å². The van der Waals surface area contributed by atoms with Gasteiger partial charge in [0.1, 0.15) is 23.3 Å². The van der Waals surface area contributed by atoms with Gasteiger partial charge >= 0.3 is 0 Å². The highest BCUT2D eigenvalue weighted by atomic mass is 19.1. The fraction of sp³-hybridized carbons (Fsp3) is 0.353. The molecule has 8 aromatic rings. The third-order valence-corrected chi connectivity index (χ3v) is 14.2. The molecule has 1 unspecified atom stereocenters. The Morgan fingerprint density at radius 2 is 0.750 bits per heavy atom. The minimum absolute atomic E-state index is 0.0189. The van der Waals surface area contributed by atoms with Crippen molar-refractivity contribution in [3.05, 3.63) is 168 Å². The van der Waals surface area contributed by atoms with Crippen LogP contribution in [0.25, 0.3) is 45.0 Å². The zero-order chi connectivity index (χ0) is 63.7. The summed E-state index contributed by atoms with van der Waals surface area (Å²) in [6.07, 6.45) is 16.8. The van der Waals surface area contributed by atoms with Crippen LogP contribution in [0.2, 0.25) is 0 Å². The number of amides is 4.